The van der Waals surface area contributed by atoms with Crippen LogP contribution in [0.25, 0.3) is 0 Å². The fraction of sp³-hybridized carbons (Fsp3) is 0.333. The molecule has 0 aliphatic carbocycles. The quantitative estimate of drug-likeness (QED) is 0.698. The van der Waals surface area contributed by atoms with Gasteiger partial charge in [0.25, 0.3) is 0 Å². The van der Waals surface area contributed by atoms with Crippen LogP contribution in [0.5, 0.6) is 0 Å². The van der Waals surface area contributed by atoms with Crippen LogP contribution in [0, 0.1) is 0 Å². The summed E-state index contributed by atoms with van der Waals surface area (Å²) in [6, 6.07) is 8.03. The molecule has 0 aliphatic rings. The molecule has 0 spiro atoms. The molecule has 0 saturated carbocycles. The van der Waals surface area contributed by atoms with E-state index in [1.165, 1.54) is 0 Å². The SMILES string of the molecule is CC[N]c1ccccc1NC. The maximum Gasteiger partial charge on any atom is 0.0805 e. The molecule has 0 heterocycles. The van der Waals surface area contributed by atoms with Crippen molar-refractivity contribution in [2.75, 3.05) is 18.9 Å². The molecule has 0 bridgehead atoms. The van der Waals surface area contributed by atoms with Crippen LogP contribution in [0.3, 0.4) is 0 Å². The lowest BCUT2D eigenvalue weighted by Crippen LogP contribution is -1.99. The monoisotopic (exact) mass is 149 g/mol. The first-order chi connectivity index (χ1) is 5.38. The fourth-order valence-electron chi connectivity index (χ4n) is 0.993. The number of anilines is 1. The van der Waals surface area contributed by atoms with Gasteiger partial charge in [0.05, 0.1) is 11.4 Å². The summed E-state index contributed by atoms with van der Waals surface area (Å²) in [5.41, 5.74) is 2.13. The number of hydrogen-bond donors (Lipinski definition) is 1. The van der Waals surface area contributed by atoms with Crippen LogP contribution in [0.4, 0.5) is 11.4 Å². The Morgan fingerprint density at radius 2 is 2.09 bits per heavy atom. The van der Waals surface area contributed by atoms with E-state index in [1.807, 2.05) is 38.2 Å². The molecule has 0 aromatic heterocycles. The first-order valence-electron chi connectivity index (χ1n) is 3.82. The van der Waals surface area contributed by atoms with Crippen LogP contribution in [0.15, 0.2) is 24.3 Å². The molecule has 0 aliphatic heterocycles. The molecule has 59 valence electrons. The van der Waals surface area contributed by atoms with Crippen molar-refractivity contribution in [3.8, 4) is 0 Å². The molecule has 1 aromatic carbocycles. The minimum atomic E-state index is 0.832. The molecule has 2 heteroatoms. The van der Waals surface area contributed by atoms with Crippen molar-refractivity contribution in [1.29, 1.82) is 0 Å². The van der Waals surface area contributed by atoms with Gasteiger partial charge in [-0.15, -0.1) is 0 Å². The zero-order chi connectivity index (χ0) is 8.10. The van der Waals surface area contributed by atoms with Gasteiger partial charge in [0.2, 0.25) is 0 Å². The van der Waals surface area contributed by atoms with Crippen LogP contribution in [0.2, 0.25) is 0 Å². The third-order valence-corrected chi connectivity index (χ3v) is 1.50. The Balaban J connectivity index is 2.83. The van der Waals surface area contributed by atoms with Crippen molar-refractivity contribution in [1.82, 2.24) is 5.32 Å². The number of hydrogen-bond acceptors (Lipinski definition) is 1. The van der Waals surface area contributed by atoms with E-state index in [9.17, 15) is 0 Å². The van der Waals surface area contributed by atoms with Crippen LogP contribution in [-0.4, -0.2) is 13.6 Å². The maximum absolute atomic E-state index is 4.31. The number of benzene rings is 1. The summed E-state index contributed by atoms with van der Waals surface area (Å²) >= 11 is 0. The standard InChI is InChI=1S/C9H13N2/c1-3-11-9-7-5-4-6-8(9)10-2/h4-7,10H,3H2,1-2H3. The van der Waals surface area contributed by atoms with Gasteiger partial charge in [-0.25, -0.2) is 0 Å². The lowest BCUT2D eigenvalue weighted by atomic mass is 10.2. The van der Waals surface area contributed by atoms with Crippen molar-refractivity contribution in [2.24, 2.45) is 0 Å². The first-order valence-corrected chi connectivity index (χ1v) is 3.82. The molecular formula is C9H13N2. The first kappa shape index (κ1) is 7.92. The minimum absolute atomic E-state index is 0.832. The Morgan fingerprint density at radius 1 is 1.36 bits per heavy atom. The molecule has 2 nitrogen and oxygen atoms in total. The Bertz CT molecular complexity index is 221. The number of rotatable bonds is 3. The molecule has 1 radical (unpaired) electrons. The highest BCUT2D eigenvalue weighted by Gasteiger charge is 1.96. The van der Waals surface area contributed by atoms with E-state index in [0.717, 1.165) is 17.9 Å². The molecule has 0 saturated heterocycles. The van der Waals surface area contributed by atoms with Crippen molar-refractivity contribution >= 4 is 11.4 Å². The van der Waals surface area contributed by atoms with Gasteiger partial charge in [-0.05, 0) is 19.1 Å². The molecular weight excluding hydrogens is 136 g/mol. The normalized spacial score (nSPS) is 9.27. The summed E-state index contributed by atoms with van der Waals surface area (Å²) in [4.78, 5) is 0. The number of nitrogens with one attached hydrogen (secondary N) is 1. The zero-order valence-electron chi connectivity index (χ0n) is 6.96. The van der Waals surface area contributed by atoms with Gasteiger partial charge in [-0.2, -0.15) is 0 Å². The van der Waals surface area contributed by atoms with Gasteiger partial charge in [0.15, 0.2) is 0 Å². The van der Waals surface area contributed by atoms with Gasteiger partial charge in [0.1, 0.15) is 0 Å². The lowest BCUT2D eigenvalue weighted by molar-refractivity contribution is 0.913. The smallest absolute Gasteiger partial charge is 0.0805 e. The van der Waals surface area contributed by atoms with E-state index in [-0.39, 0.29) is 0 Å². The number of para-hydroxylation sites is 2. The second kappa shape index (κ2) is 3.86. The summed E-state index contributed by atoms with van der Waals surface area (Å²) in [7, 11) is 1.91. The van der Waals surface area contributed by atoms with Crippen molar-refractivity contribution in [3.05, 3.63) is 24.3 Å². The van der Waals surface area contributed by atoms with Gasteiger partial charge < -0.3 is 5.32 Å². The average Bonchev–Trinajstić information content (AvgIpc) is 2.06. The Kier molecular flexibility index (Phi) is 2.78. The molecule has 11 heavy (non-hydrogen) atoms. The zero-order valence-corrected chi connectivity index (χ0v) is 6.96. The summed E-state index contributed by atoms with van der Waals surface area (Å²) in [6.45, 7) is 2.87. The van der Waals surface area contributed by atoms with Crippen LogP contribution in [-0.2, 0) is 0 Å². The van der Waals surface area contributed by atoms with E-state index in [0.29, 0.717) is 0 Å². The third kappa shape index (κ3) is 1.87. The molecule has 0 amide bonds. The van der Waals surface area contributed by atoms with Crippen LogP contribution < -0.4 is 10.6 Å². The summed E-state index contributed by atoms with van der Waals surface area (Å²) in [5.74, 6) is 0. The van der Waals surface area contributed by atoms with Gasteiger partial charge in [-0.3, -0.25) is 5.32 Å². The minimum Gasteiger partial charge on any atom is -0.386 e. The topological polar surface area (TPSA) is 26.1 Å². The van der Waals surface area contributed by atoms with E-state index in [4.69, 9.17) is 0 Å². The molecule has 0 unspecified atom stereocenters. The fourth-order valence-corrected chi connectivity index (χ4v) is 0.993. The summed E-state index contributed by atoms with van der Waals surface area (Å²) in [6.07, 6.45) is 0. The molecule has 1 aromatic rings. The van der Waals surface area contributed by atoms with Crippen molar-refractivity contribution in [3.63, 3.8) is 0 Å². The van der Waals surface area contributed by atoms with Crippen molar-refractivity contribution < 1.29 is 0 Å². The van der Waals surface area contributed by atoms with E-state index in [1.54, 1.807) is 0 Å². The summed E-state index contributed by atoms with van der Waals surface area (Å²) in [5, 5.41) is 7.40. The van der Waals surface area contributed by atoms with Crippen molar-refractivity contribution in [2.45, 2.75) is 6.92 Å². The average molecular weight is 149 g/mol. The van der Waals surface area contributed by atoms with Crippen LogP contribution >= 0.6 is 0 Å². The predicted octanol–water partition coefficient (Wildman–Crippen LogP) is 1.98. The summed E-state index contributed by atoms with van der Waals surface area (Å²) < 4.78 is 0. The van der Waals surface area contributed by atoms with Gasteiger partial charge in [0, 0.05) is 13.6 Å². The predicted molar refractivity (Wildman–Crippen MR) is 48.3 cm³/mol. The maximum atomic E-state index is 4.31. The highest BCUT2D eigenvalue weighted by Crippen LogP contribution is 2.19. The number of nitrogens with zero attached hydrogens (tertiary/aromatic N) is 1. The largest absolute Gasteiger partial charge is 0.386 e. The Labute approximate surface area is 67.6 Å². The van der Waals surface area contributed by atoms with E-state index < -0.39 is 0 Å². The Hall–Kier alpha value is -1.18. The van der Waals surface area contributed by atoms with E-state index in [2.05, 4.69) is 10.6 Å². The second-order valence-electron chi connectivity index (χ2n) is 2.24. The lowest BCUT2D eigenvalue weighted by Gasteiger charge is -2.06. The molecule has 1 N–H and O–H groups in total. The second-order valence-corrected chi connectivity index (χ2v) is 2.24. The molecule has 0 fully saturated rings. The highest BCUT2D eigenvalue weighted by molar-refractivity contribution is 5.63. The van der Waals surface area contributed by atoms with Crippen LogP contribution in [0.1, 0.15) is 6.92 Å². The highest BCUT2D eigenvalue weighted by atomic mass is 14.9. The third-order valence-electron chi connectivity index (χ3n) is 1.50. The van der Waals surface area contributed by atoms with Gasteiger partial charge >= 0.3 is 0 Å². The Morgan fingerprint density at radius 3 is 2.73 bits per heavy atom. The molecule has 0 atom stereocenters. The van der Waals surface area contributed by atoms with E-state index >= 15 is 0 Å². The van der Waals surface area contributed by atoms with Gasteiger partial charge in [-0.1, -0.05) is 12.1 Å². The molecule has 1 rings (SSSR count).